The second-order valence-corrected chi connectivity index (χ2v) is 12.5. The standard InChI is InChI=1S/C23H40N4O8P2/c1-7-33-37(30,34-8-2)16-31-20-14-19(26-12-10-22(28)25-23(26)29)15-21(20)35-36(32-13-9-11-24)27(17(3)4)18(5)6/h10,12,17-21H,7-9,13-16H2,1-6H3,(H,25,28,29)/t19-,20+,21?,36?/m0/s1. The number of nitrogens with zero attached hydrogens (tertiary/aromatic N) is 3. The average molecular weight is 563 g/mol. The molecule has 14 heteroatoms. The van der Waals surface area contributed by atoms with Crippen LogP contribution in [-0.2, 0) is 27.4 Å². The summed E-state index contributed by atoms with van der Waals surface area (Å²) < 4.78 is 46.0. The molecule has 0 saturated heterocycles. The van der Waals surface area contributed by atoms with E-state index in [1.807, 2.05) is 27.7 Å². The fourth-order valence-electron chi connectivity index (χ4n) is 4.27. The van der Waals surface area contributed by atoms with E-state index in [1.54, 1.807) is 13.8 Å². The molecule has 0 amide bonds. The number of hydrogen-bond acceptors (Lipinski definition) is 10. The van der Waals surface area contributed by atoms with E-state index in [2.05, 4.69) is 15.7 Å². The van der Waals surface area contributed by atoms with Crippen molar-refractivity contribution in [2.75, 3.05) is 26.2 Å². The van der Waals surface area contributed by atoms with Crippen molar-refractivity contribution in [1.29, 1.82) is 5.26 Å². The Hall–Kier alpha value is -1.41. The Kier molecular flexibility index (Phi) is 13.1. The molecule has 1 saturated carbocycles. The molecule has 0 aliphatic heterocycles. The monoisotopic (exact) mass is 562 g/mol. The Bertz CT molecular complexity index is 1020. The molecule has 2 rings (SSSR count). The molecule has 1 aliphatic rings. The first-order valence-corrected chi connectivity index (χ1v) is 15.5. The summed E-state index contributed by atoms with van der Waals surface area (Å²) >= 11 is 0. The van der Waals surface area contributed by atoms with Gasteiger partial charge in [0.05, 0.1) is 44.5 Å². The number of H-pyrrole nitrogens is 1. The fraction of sp³-hybridized carbons (Fsp3) is 0.783. The highest BCUT2D eigenvalue weighted by Crippen LogP contribution is 2.52. The summed E-state index contributed by atoms with van der Waals surface area (Å²) in [5.74, 6) is 0. The number of rotatable bonds is 16. The molecule has 12 nitrogen and oxygen atoms in total. The Morgan fingerprint density at radius 1 is 1.16 bits per heavy atom. The highest BCUT2D eigenvalue weighted by atomic mass is 31.2. The lowest BCUT2D eigenvalue weighted by atomic mass is 10.2. The summed E-state index contributed by atoms with van der Waals surface area (Å²) in [5, 5.41) is 9.00. The van der Waals surface area contributed by atoms with Crippen LogP contribution in [0.3, 0.4) is 0 Å². The minimum Gasteiger partial charge on any atom is -0.363 e. The lowest BCUT2D eigenvalue weighted by Crippen LogP contribution is -2.36. The van der Waals surface area contributed by atoms with E-state index in [0.29, 0.717) is 12.8 Å². The summed E-state index contributed by atoms with van der Waals surface area (Å²) in [7, 11) is -5.06. The van der Waals surface area contributed by atoms with Crippen molar-refractivity contribution in [2.45, 2.75) is 91.1 Å². The summed E-state index contributed by atoms with van der Waals surface area (Å²) in [6.07, 6.45) is 1.11. The van der Waals surface area contributed by atoms with Gasteiger partial charge in [0.2, 0.25) is 0 Å². The molecule has 1 N–H and O–H groups in total. The molecule has 0 spiro atoms. The van der Waals surface area contributed by atoms with E-state index in [-0.39, 0.29) is 50.7 Å². The van der Waals surface area contributed by atoms with Crippen LogP contribution in [0.1, 0.15) is 66.8 Å². The maximum Gasteiger partial charge on any atom is 0.356 e. The predicted molar refractivity (Wildman–Crippen MR) is 140 cm³/mol. The third-order valence-corrected chi connectivity index (χ3v) is 9.58. The average Bonchev–Trinajstić information content (AvgIpc) is 3.20. The van der Waals surface area contributed by atoms with Gasteiger partial charge in [0.25, 0.3) is 14.1 Å². The minimum absolute atomic E-state index is 0.0997. The molecule has 1 aliphatic carbocycles. The SMILES string of the molecule is CCOP(=O)(CO[C@@H]1C[C@H](n2ccc(=O)[nH]c2=O)CC1OP(OCCC#N)N(C(C)C)C(C)C)OCC. The van der Waals surface area contributed by atoms with Crippen LogP contribution in [0.2, 0.25) is 0 Å². The van der Waals surface area contributed by atoms with Gasteiger partial charge in [0, 0.05) is 30.4 Å². The molecule has 1 heterocycles. The molecular weight excluding hydrogens is 522 g/mol. The van der Waals surface area contributed by atoms with Gasteiger partial charge in [0.1, 0.15) is 6.35 Å². The minimum atomic E-state index is -3.48. The van der Waals surface area contributed by atoms with E-state index in [4.69, 9.17) is 28.1 Å². The van der Waals surface area contributed by atoms with Gasteiger partial charge in [-0.05, 0) is 54.4 Å². The highest BCUT2D eigenvalue weighted by molar-refractivity contribution is 7.53. The lowest BCUT2D eigenvalue weighted by molar-refractivity contribution is -0.00320. The van der Waals surface area contributed by atoms with E-state index < -0.39 is 39.6 Å². The van der Waals surface area contributed by atoms with Crippen LogP contribution in [0, 0.1) is 11.3 Å². The Morgan fingerprint density at radius 2 is 1.78 bits per heavy atom. The molecule has 1 fully saturated rings. The molecule has 2 unspecified atom stereocenters. The van der Waals surface area contributed by atoms with Crippen molar-refractivity contribution in [2.24, 2.45) is 0 Å². The molecule has 0 bridgehead atoms. The number of aromatic nitrogens is 2. The van der Waals surface area contributed by atoms with E-state index in [9.17, 15) is 14.2 Å². The van der Waals surface area contributed by atoms with Gasteiger partial charge in [-0.25, -0.2) is 9.46 Å². The quantitative estimate of drug-likeness (QED) is 0.230. The zero-order valence-corrected chi connectivity index (χ0v) is 24.3. The summed E-state index contributed by atoms with van der Waals surface area (Å²) in [5.41, 5.74) is -1.00. The molecule has 210 valence electrons. The largest absolute Gasteiger partial charge is 0.363 e. The molecule has 1 aromatic heterocycles. The van der Waals surface area contributed by atoms with Crippen LogP contribution in [0.4, 0.5) is 0 Å². The van der Waals surface area contributed by atoms with Crippen LogP contribution in [-0.4, -0.2) is 64.7 Å². The van der Waals surface area contributed by atoms with Crippen molar-refractivity contribution < 1.29 is 27.4 Å². The van der Waals surface area contributed by atoms with Gasteiger partial charge in [-0.3, -0.25) is 18.9 Å². The smallest absolute Gasteiger partial charge is 0.356 e. The molecule has 1 aromatic rings. The van der Waals surface area contributed by atoms with Gasteiger partial charge in [-0.1, -0.05) is 0 Å². The first kappa shape index (κ1) is 31.8. The number of aromatic amines is 1. The van der Waals surface area contributed by atoms with Crippen molar-refractivity contribution in [3.05, 3.63) is 33.1 Å². The zero-order valence-electron chi connectivity index (χ0n) is 22.5. The lowest BCUT2D eigenvalue weighted by Gasteiger charge is -2.37. The summed E-state index contributed by atoms with van der Waals surface area (Å²) in [6, 6.07) is 3.24. The summed E-state index contributed by atoms with van der Waals surface area (Å²) in [4.78, 5) is 26.4. The Balaban J connectivity index is 2.34. The number of ether oxygens (including phenoxy) is 1. The highest BCUT2D eigenvalue weighted by Gasteiger charge is 2.42. The summed E-state index contributed by atoms with van der Waals surface area (Å²) in [6.45, 7) is 12.2. The molecule has 0 aromatic carbocycles. The van der Waals surface area contributed by atoms with E-state index >= 15 is 0 Å². The molecule has 37 heavy (non-hydrogen) atoms. The van der Waals surface area contributed by atoms with Gasteiger partial charge in [0.15, 0.2) is 0 Å². The third kappa shape index (κ3) is 9.38. The molecular formula is C23H40N4O8P2. The van der Waals surface area contributed by atoms with Crippen LogP contribution in [0.25, 0.3) is 0 Å². The topological polar surface area (TPSA) is 145 Å². The van der Waals surface area contributed by atoms with Crippen molar-refractivity contribution in [3.63, 3.8) is 0 Å². The zero-order chi connectivity index (χ0) is 27.6. The van der Waals surface area contributed by atoms with Gasteiger partial charge in [-0.15, -0.1) is 0 Å². The number of nitrogens with one attached hydrogen (secondary N) is 1. The van der Waals surface area contributed by atoms with Crippen LogP contribution < -0.4 is 11.2 Å². The Labute approximate surface area is 219 Å². The maximum absolute atomic E-state index is 13.0. The van der Waals surface area contributed by atoms with Crippen LogP contribution in [0.5, 0.6) is 0 Å². The normalized spacial score (nSPS) is 21.1. The van der Waals surface area contributed by atoms with Crippen molar-refractivity contribution in [3.8, 4) is 6.07 Å². The number of nitriles is 1. The van der Waals surface area contributed by atoms with Crippen LogP contribution >= 0.6 is 16.1 Å². The predicted octanol–water partition coefficient (Wildman–Crippen LogP) is 4.14. The fourth-order valence-corrected chi connectivity index (χ4v) is 7.41. The number of hydrogen-bond donors (Lipinski definition) is 1. The molecule has 0 radical (unpaired) electrons. The second kappa shape index (κ2) is 15.2. The van der Waals surface area contributed by atoms with Gasteiger partial charge in [-0.2, -0.15) is 5.26 Å². The third-order valence-electron chi connectivity index (χ3n) is 5.65. The van der Waals surface area contributed by atoms with Crippen molar-refractivity contribution >= 4 is 16.1 Å². The van der Waals surface area contributed by atoms with Crippen molar-refractivity contribution in [1.82, 2.24) is 14.2 Å². The van der Waals surface area contributed by atoms with Gasteiger partial charge < -0.3 is 22.8 Å². The Morgan fingerprint density at radius 3 is 2.32 bits per heavy atom. The first-order valence-electron chi connectivity index (χ1n) is 12.6. The van der Waals surface area contributed by atoms with Crippen LogP contribution in [0.15, 0.2) is 21.9 Å². The van der Waals surface area contributed by atoms with E-state index in [1.165, 1.54) is 16.8 Å². The second-order valence-electron chi connectivity index (χ2n) is 9.11. The molecule has 4 atom stereocenters. The van der Waals surface area contributed by atoms with E-state index in [0.717, 1.165) is 0 Å². The first-order chi connectivity index (χ1) is 17.5. The van der Waals surface area contributed by atoms with Gasteiger partial charge >= 0.3 is 13.3 Å². The maximum atomic E-state index is 13.0.